The van der Waals surface area contributed by atoms with E-state index in [0.717, 1.165) is 44.9 Å². The molecule has 2 atom stereocenters. The minimum atomic E-state index is -0.848. The topological polar surface area (TPSA) is 95.9 Å². The van der Waals surface area contributed by atoms with Crippen molar-refractivity contribution in [1.82, 2.24) is 5.32 Å². The molecule has 0 aromatic heterocycles. The van der Waals surface area contributed by atoms with Crippen LogP contribution in [0.3, 0.4) is 0 Å². The van der Waals surface area contributed by atoms with Gasteiger partial charge in [-0.3, -0.25) is 9.59 Å². The number of hydrogen-bond donors (Lipinski definition) is 3. The first-order valence-electron chi connectivity index (χ1n) is 28.1. The summed E-state index contributed by atoms with van der Waals surface area (Å²) in [6.45, 7) is 4.89. The van der Waals surface area contributed by atoms with Crippen LogP contribution < -0.4 is 5.32 Å². The lowest BCUT2D eigenvalue weighted by Crippen LogP contribution is -2.45. The molecule has 372 valence electrons. The molecule has 0 heterocycles. The average Bonchev–Trinajstić information content (AvgIpc) is 3.28. The summed E-state index contributed by atoms with van der Waals surface area (Å²) in [5.74, 6) is -0.0796. The van der Waals surface area contributed by atoms with Gasteiger partial charge in [0.15, 0.2) is 0 Å². The minimum absolute atomic E-state index is 0.00520. The first kappa shape index (κ1) is 61.3. The quantitative estimate of drug-likeness (QED) is 0.0321. The number of allylic oxidation sites excluding steroid dienone is 3. The molecule has 63 heavy (non-hydrogen) atoms. The van der Waals surface area contributed by atoms with Crippen molar-refractivity contribution in [2.75, 3.05) is 13.2 Å². The number of aliphatic hydroxyl groups is 2. The number of carbonyl (C=O) groups is 2. The number of aliphatic hydroxyl groups excluding tert-OH is 2. The fraction of sp³-hybridized carbons (Fsp3) is 0.895. The highest BCUT2D eigenvalue weighted by Crippen LogP contribution is 2.16. The van der Waals surface area contributed by atoms with E-state index in [1.165, 1.54) is 231 Å². The van der Waals surface area contributed by atoms with Crippen molar-refractivity contribution >= 4 is 11.9 Å². The van der Waals surface area contributed by atoms with Crippen molar-refractivity contribution < 1.29 is 24.5 Å². The molecule has 3 N–H and O–H groups in total. The van der Waals surface area contributed by atoms with Crippen molar-refractivity contribution in [2.24, 2.45) is 0 Å². The lowest BCUT2D eigenvalue weighted by atomic mass is 10.0. The van der Waals surface area contributed by atoms with E-state index in [2.05, 4.69) is 31.3 Å². The molecule has 6 heteroatoms. The van der Waals surface area contributed by atoms with E-state index in [0.29, 0.717) is 19.4 Å². The smallest absolute Gasteiger partial charge is 0.305 e. The van der Waals surface area contributed by atoms with Gasteiger partial charge in [-0.05, 0) is 57.8 Å². The molecule has 0 radical (unpaired) electrons. The zero-order valence-electron chi connectivity index (χ0n) is 42.3. The molecule has 0 rings (SSSR count). The number of nitrogens with one attached hydrogen (secondary N) is 1. The SMILES string of the molecule is CCCCCCCCC/C=C\CCCCCCCC(=O)OCCCCCCCCCCCCCCCCCCC(=O)NC(CO)C(O)/C=C/CCCCCCCCCCCCCC. The monoisotopic (exact) mass is 888 g/mol. The predicted octanol–water partition coefficient (Wildman–Crippen LogP) is 17.1. The summed E-state index contributed by atoms with van der Waals surface area (Å²) in [5.41, 5.74) is 0. The Balaban J connectivity index is 3.44. The molecule has 0 bridgehead atoms. The highest BCUT2D eigenvalue weighted by atomic mass is 16.5. The van der Waals surface area contributed by atoms with Crippen LogP contribution in [0.2, 0.25) is 0 Å². The molecule has 0 fully saturated rings. The number of amides is 1. The van der Waals surface area contributed by atoms with Gasteiger partial charge in [0.25, 0.3) is 0 Å². The van der Waals surface area contributed by atoms with Gasteiger partial charge in [-0.25, -0.2) is 0 Å². The number of ether oxygens (including phenoxy) is 1. The molecule has 0 aromatic rings. The van der Waals surface area contributed by atoms with Crippen LogP contribution >= 0.6 is 0 Å². The summed E-state index contributed by atoms with van der Waals surface area (Å²) in [6, 6.07) is -0.632. The second kappa shape index (κ2) is 53.0. The summed E-state index contributed by atoms with van der Waals surface area (Å²) in [6.07, 6.45) is 63.3. The lowest BCUT2D eigenvalue weighted by Gasteiger charge is -2.20. The first-order valence-corrected chi connectivity index (χ1v) is 28.1. The number of esters is 1. The Hall–Kier alpha value is -1.66. The summed E-state index contributed by atoms with van der Waals surface area (Å²) >= 11 is 0. The van der Waals surface area contributed by atoms with Crippen molar-refractivity contribution in [1.29, 1.82) is 0 Å². The van der Waals surface area contributed by atoms with E-state index in [4.69, 9.17) is 4.74 Å². The molecule has 2 unspecified atom stereocenters. The van der Waals surface area contributed by atoms with Gasteiger partial charge < -0.3 is 20.3 Å². The van der Waals surface area contributed by atoms with Crippen LogP contribution in [0.5, 0.6) is 0 Å². The lowest BCUT2D eigenvalue weighted by molar-refractivity contribution is -0.143. The Morgan fingerprint density at radius 2 is 0.746 bits per heavy atom. The normalized spacial score (nSPS) is 12.8. The Morgan fingerprint density at radius 1 is 0.429 bits per heavy atom. The van der Waals surface area contributed by atoms with Crippen molar-refractivity contribution in [3.8, 4) is 0 Å². The van der Waals surface area contributed by atoms with Gasteiger partial charge in [0.2, 0.25) is 5.91 Å². The standard InChI is InChI=1S/C57H109NO5/c1-3-5-7-9-11-13-15-17-19-23-27-31-35-39-43-47-51-57(62)63-52-48-44-40-36-32-28-24-21-20-22-26-30-34-38-42-46-50-56(61)58-54(53-59)55(60)49-45-41-37-33-29-25-18-16-14-12-10-8-6-4-2/h19,23,45,49,54-55,59-60H,3-18,20-22,24-44,46-48,50-53H2,1-2H3,(H,58,61)/b23-19-,49-45+. The third-order valence-electron chi connectivity index (χ3n) is 13.0. The second-order valence-electron chi connectivity index (χ2n) is 19.3. The molecule has 0 saturated heterocycles. The van der Waals surface area contributed by atoms with E-state index in [-0.39, 0.29) is 18.5 Å². The minimum Gasteiger partial charge on any atom is -0.466 e. The van der Waals surface area contributed by atoms with Crippen molar-refractivity contribution in [3.05, 3.63) is 24.3 Å². The number of rotatable bonds is 52. The van der Waals surface area contributed by atoms with Crippen LogP contribution in [-0.2, 0) is 14.3 Å². The Morgan fingerprint density at radius 3 is 1.13 bits per heavy atom. The average molecular weight is 889 g/mol. The van der Waals surface area contributed by atoms with E-state index in [9.17, 15) is 19.8 Å². The molecule has 6 nitrogen and oxygen atoms in total. The van der Waals surface area contributed by atoms with Gasteiger partial charge in [0, 0.05) is 12.8 Å². The summed E-state index contributed by atoms with van der Waals surface area (Å²) in [5, 5.41) is 23.1. The molecular formula is C57H109NO5. The molecule has 0 aliphatic rings. The summed E-state index contributed by atoms with van der Waals surface area (Å²) < 4.78 is 5.47. The highest BCUT2D eigenvalue weighted by Gasteiger charge is 2.18. The number of carbonyl (C=O) groups excluding carboxylic acids is 2. The number of unbranched alkanes of at least 4 members (excludes halogenated alkanes) is 39. The summed E-state index contributed by atoms with van der Waals surface area (Å²) in [7, 11) is 0. The number of hydrogen-bond acceptors (Lipinski definition) is 5. The third-order valence-corrected chi connectivity index (χ3v) is 13.0. The van der Waals surface area contributed by atoms with Gasteiger partial charge in [-0.15, -0.1) is 0 Å². The van der Waals surface area contributed by atoms with Crippen LogP contribution in [0.4, 0.5) is 0 Å². The predicted molar refractivity (Wildman–Crippen MR) is 273 cm³/mol. The first-order chi connectivity index (χ1) is 31.0. The third kappa shape index (κ3) is 49.6. The van der Waals surface area contributed by atoms with Crippen LogP contribution in [0.15, 0.2) is 24.3 Å². The van der Waals surface area contributed by atoms with E-state index >= 15 is 0 Å². The zero-order valence-corrected chi connectivity index (χ0v) is 42.3. The van der Waals surface area contributed by atoms with E-state index in [1.807, 2.05) is 6.08 Å². The Labute approximate surface area is 392 Å². The second-order valence-corrected chi connectivity index (χ2v) is 19.3. The molecule has 0 aliphatic heterocycles. The van der Waals surface area contributed by atoms with E-state index < -0.39 is 12.1 Å². The van der Waals surface area contributed by atoms with E-state index in [1.54, 1.807) is 6.08 Å². The van der Waals surface area contributed by atoms with Crippen LogP contribution in [0.25, 0.3) is 0 Å². The van der Waals surface area contributed by atoms with Crippen molar-refractivity contribution in [3.63, 3.8) is 0 Å². The maximum absolute atomic E-state index is 12.4. The van der Waals surface area contributed by atoms with Gasteiger partial charge in [-0.2, -0.15) is 0 Å². The van der Waals surface area contributed by atoms with Gasteiger partial charge in [-0.1, -0.05) is 256 Å². The molecule has 0 spiro atoms. The maximum Gasteiger partial charge on any atom is 0.305 e. The fourth-order valence-electron chi connectivity index (χ4n) is 8.63. The highest BCUT2D eigenvalue weighted by molar-refractivity contribution is 5.76. The molecule has 0 aliphatic carbocycles. The molecular weight excluding hydrogens is 779 g/mol. The largest absolute Gasteiger partial charge is 0.466 e. The van der Waals surface area contributed by atoms with Gasteiger partial charge in [0.05, 0.1) is 25.4 Å². The van der Waals surface area contributed by atoms with Crippen LogP contribution in [-0.4, -0.2) is 47.4 Å². The molecule has 0 aromatic carbocycles. The van der Waals surface area contributed by atoms with Crippen molar-refractivity contribution in [2.45, 2.75) is 315 Å². The van der Waals surface area contributed by atoms with Gasteiger partial charge in [0.1, 0.15) is 0 Å². The Kier molecular flexibility index (Phi) is 51.6. The molecule has 0 saturated carbocycles. The van der Waals surface area contributed by atoms with Gasteiger partial charge >= 0.3 is 5.97 Å². The molecule has 1 amide bonds. The Bertz CT molecular complexity index is 982. The fourth-order valence-corrected chi connectivity index (χ4v) is 8.63. The van der Waals surface area contributed by atoms with Crippen LogP contribution in [0.1, 0.15) is 303 Å². The zero-order chi connectivity index (χ0) is 45.8. The van der Waals surface area contributed by atoms with Crippen LogP contribution in [0, 0.1) is 0 Å². The maximum atomic E-state index is 12.4. The summed E-state index contributed by atoms with van der Waals surface area (Å²) in [4.78, 5) is 24.5.